The van der Waals surface area contributed by atoms with Crippen molar-refractivity contribution in [3.63, 3.8) is 0 Å². The predicted molar refractivity (Wildman–Crippen MR) is 136 cm³/mol. The first-order valence-corrected chi connectivity index (χ1v) is 12.4. The number of morpholine rings is 1. The average Bonchev–Trinajstić information content (AvgIpc) is 3.16. The third kappa shape index (κ3) is 5.55. The van der Waals surface area contributed by atoms with E-state index in [2.05, 4.69) is 18.7 Å². The summed E-state index contributed by atoms with van der Waals surface area (Å²) in [6.07, 6.45) is 0. The minimum absolute atomic E-state index is 0.0577. The Morgan fingerprint density at radius 1 is 1.06 bits per heavy atom. The second-order valence-corrected chi connectivity index (χ2v) is 9.42. The highest BCUT2D eigenvalue weighted by atomic mass is 16.5. The summed E-state index contributed by atoms with van der Waals surface area (Å²) in [5.74, 6) is 0.0561. The first kappa shape index (κ1) is 25.7. The summed E-state index contributed by atoms with van der Waals surface area (Å²) in [4.78, 5) is 30.3. The minimum atomic E-state index is -0.765. The molecule has 8 heteroatoms. The number of rotatable bonds is 9. The van der Waals surface area contributed by atoms with Gasteiger partial charge in [0.25, 0.3) is 11.7 Å². The number of likely N-dealkylation sites (tertiary alicyclic amines) is 1. The summed E-state index contributed by atoms with van der Waals surface area (Å²) in [5.41, 5.74) is 1.15. The monoisotopic (exact) mass is 494 g/mol. The summed E-state index contributed by atoms with van der Waals surface area (Å²) in [7, 11) is 1.55. The smallest absolute Gasteiger partial charge is 0.295 e. The molecule has 0 saturated carbocycles. The summed E-state index contributed by atoms with van der Waals surface area (Å²) in [6.45, 7) is 8.48. The Morgan fingerprint density at radius 2 is 1.75 bits per heavy atom. The Bertz CT molecular complexity index is 1110. The molecule has 1 atom stereocenters. The van der Waals surface area contributed by atoms with E-state index in [1.807, 2.05) is 18.2 Å². The Hall–Kier alpha value is -3.36. The molecule has 0 radical (unpaired) electrons. The molecule has 0 aromatic heterocycles. The molecule has 0 spiro atoms. The van der Waals surface area contributed by atoms with Crippen molar-refractivity contribution in [1.29, 1.82) is 0 Å². The molecule has 1 N–H and O–H groups in total. The van der Waals surface area contributed by atoms with Gasteiger partial charge in [-0.2, -0.15) is 0 Å². The number of amides is 1. The lowest BCUT2D eigenvalue weighted by Gasteiger charge is -2.31. The highest BCUT2D eigenvalue weighted by Crippen LogP contribution is 2.42. The Labute approximate surface area is 212 Å². The lowest BCUT2D eigenvalue weighted by atomic mass is 9.94. The molecular weight excluding hydrogens is 460 g/mol. The number of ether oxygens (including phenoxy) is 3. The van der Waals surface area contributed by atoms with Gasteiger partial charge in [0.1, 0.15) is 17.3 Å². The van der Waals surface area contributed by atoms with E-state index in [0.717, 1.165) is 13.1 Å². The van der Waals surface area contributed by atoms with Gasteiger partial charge in [0.15, 0.2) is 0 Å². The number of hydrogen-bond acceptors (Lipinski definition) is 7. The zero-order valence-electron chi connectivity index (χ0n) is 21.1. The van der Waals surface area contributed by atoms with Crippen LogP contribution in [0.2, 0.25) is 0 Å². The molecule has 2 saturated heterocycles. The number of ketones is 1. The van der Waals surface area contributed by atoms with Crippen LogP contribution in [-0.2, 0) is 14.3 Å². The quantitative estimate of drug-likeness (QED) is 0.324. The van der Waals surface area contributed by atoms with Crippen LogP contribution in [0.25, 0.3) is 5.76 Å². The molecule has 2 aromatic carbocycles. The molecule has 2 heterocycles. The van der Waals surface area contributed by atoms with E-state index in [-0.39, 0.29) is 11.3 Å². The third-order valence-electron chi connectivity index (χ3n) is 6.45. The Balaban J connectivity index is 1.70. The van der Waals surface area contributed by atoms with Crippen molar-refractivity contribution < 1.29 is 28.9 Å². The van der Waals surface area contributed by atoms with Crippen molar-refractivity contribution in [3.8, 4) is 11.5 Å². The highest BCUT2D eigenvalue weighted by molar-refractivity contribution is 6.46. The molecule has 192 valence electrons. The number of aliphatic hydroxyl groups is 1. The fourth-order valence-corrected chi connectivity index (χ4v) is 4.53. The van der Waals surface area contributed by atoms with Crippen molar-refractivity contribution in [3.05, 3.63) is 65.2 Å². The Morgan fingerprint density at radius 3 is 2.42 bits per heavy atom. The number of Topliss-reactive ketones (excluding diaryl/α,β-unsaturated/α-hetero) is 1. The second kappa shape index (κ2) is 11.6. The molecule has 2 aromatic rings. The maximum atomic E-state index is 13.3. The van der Waals surface area contributed by atoms with E-state index in [9.17, 15) is 14.7 Å². The lowest BCUT2D eigenvalue weighted by Crippen LogP contribution is -2.42. The fraction of sp³-hybridized carbons (Fsp3) is 0.429. The first-order chi connectivity index (χ1) is 17.4. The van der Waals surface area contributed by atoms with Crippen LogP contribution in [0.4, 0.5) is 0 Å². The van der Waals surface area contributed by atoms with Crippen LogP contribution >= 0.6 is 0 Å². The van der Waals surface area contributed by atoms with E-state index >= 15 is 0 Å². The van der Waals surface area contributed by atoms with E-state index in [0.29, 0.717) is 61.5 Å². The van der Waals surface area contributed by atoms with Crippen molar-refractivity contribution in [2.45, 2.75) is 19.9 Å². The normalized spacial score (nSPS) is 20.2. The molecule has 2 aliphatic heterocycles. The van der Waals surface area contributed by atoms with E-state index in [4.69, 9.17) is 14.2 Å². The average molecular weight is 495 g/mol. The van der Waals surface area contributed by atoms with Gasteiger partial charge in [-0.15, -0.1) is 0 Å². The molecule has 0 unspecified atom stereocenters. The Kier molecular flexibility index (Phi) is 8.28. The maximum absolute atomic E-state index is 13.3. The van der Waals surface area contributed by atoms with Gasteiger partial charge in [-0.3, -0.25) is 14.5 Å². The van der Waals surface area contributed by atoms with E-state index < -0.39 is 17.7 Å². The van der Waals surface area contributed by atoms with E-state index in [1.165, 1.54) is 0 Å². The van der Waals surface area contributed by atoms with Crippen LogP contribution in [-0.4, -0.2) is 79.7 Å². The number of benzene rings is 2. The predicted octanol–water partition coefficient (Wildman–Crippen LogP) is 3.48. The van der Waals surface area contributed by atoms with Crippen LogP contribution < -0.4 is 9.47 Å². The molecule has 4 rings (SSSR count). The lowest BCUT2D eigenvalue weighted by molar-refractivity contribution is -0.140. The third-order valence-corrected chi connectivity index (χ3v) is 6.45. The van der Waals surface area contributed by atoms with Crippen LogP contribution in [0.5, 0.6) is 11.5 Å². The largest absolute Gasteiger partial charge is 0.507 e. The van der Waals surface area contributed by atoms with Crippen LogP contribution in [0.15, 0.2) is 54.1 Å². The van der Waals surface area contributed by atoms with Crippen LogP contribution in [0.1, 0.15) is 31.0 Å². The second-order valence-electron chi connectivity index (χ2n) is 9.42. The molecule has 2 fully saturated rings. The van der Waals surface area contributed by atoms with Gasteiger partial charge >= 0.3 is 0 Å². The highest BCUT2D eigenvalue weighted by Gasteiger charge is 2.47. The number of carbonyl (C=O) groups is 2. The van der Waals surface area contributed by atoms with E-state index in [1.54, 1.807) is 42.3 Å². The SMILES string of the molecule is COc1ccccc1[C@H]1C(=C(O)c2ccc(OCC(C)C)cc2)C(=O)C(=O)N1CCN1CCOCC1. The molecule has 8 nitrogen and oxygen atoms in total. The number of hydrogen-bond donors (Lipinski definition) is 1. The molecular formula is C28H34N2O6. The van der Waals surface area contributed by atoms with Gasteiger partial charge in [-0.25, -0.2) is 0 Å². The maximum Gasteiger partial charge on any atom is 0.295 e. The van der Waals surface area contributed by atoms with Gasteiger partial charge in [0.05, 0.1) is 38.5 Å². The standard InChI is InChI=1S/C28H34N2O6/c1-19(2)18-36-21-10-8-20(9-11-21)26(31)24-25(22-6-4-5-7-23(22)34-3)30(28(33)27(24)32)13-12-29-14-16-35-17-15-29/h4-11,19,25,31H,12-18H2,1-3H3/t25-/m0/s1. The fourth-order valence-electron chi connectivity index (χ4n) is 4.53. The first-order valence-electron chi connectivity index (χ1n) is 12.4. The van der Waals surface area contributed by atoms with Gasteiger partial charge in [0.2, 0.25) is 0 Å². The van der Waals surface area contributed by atoms with Crippen LogP contribution in [0, 0.1) is 5.92 Å². The number of carbonyl (C=O) groups excluding carboxylic acids is 2. The number of para-hydroxylation sites is 1. The van der Waals surface area contributed by atoms with Crippen molar-refractivity contribution in [1.82, 2.24) is 9.80 Å². The zero-order valence-corrected chi connectivity index (χ0v) is 21.1. The van der Waals surface area contributed by atoms with Crippen LogP contribution in [0.3, 0.4) is 0 Å². The van der Waals surface area contributed by atoms with Crippen molar-refractivity contribution in [2.24, 2.45) is 5.92 Å². The van der Waals surface area contributed by atoms with Gasteiger partial charge in [-0.1, -0.05) is 32.0 Å². The van der Waals surface area contributed by atoms with Gasteiger partial charge in [-0.05, 0) is 36.2 Å². The molecule has 0 aliphatic carbocycles. The topological polar surface area (TPSA) is 88.5 Å². The molecule has 1 amide bonds. The van der Waals surface area contributed by atoms with Gasteiger partial charge < -0.3 is 24.2 Å². The number of aliphatic hydroxyl groups excluding tert-OH is 1. The van der Waals surface area contributed by atoms with Crippen molar-refractivity contribution in [2.75, 3.05) is 53.1 Å². The summed E-state index contributed by atoms with van der Waals surface area (Å²) in [6, 6.07) is 13.4. The van der Waals surface area contributed by atoms with Gasteiger partial charge in [0, 0.05) is 37.3 Å². The minimum Gasteiger partial charge on any atom is -0.507 e. The zero-order chi connectivity index (χ0) is 25.7. The number of methoxy groups -OCH3 is 1. The summed E-state index contributed by atoms with van der Waals surface area (Å²) in [5, 5.41) is 11.3. The summed E-state index contributed by atoms with van der Waals surface area (Å²) >= 11 is 0. The molecule has 0 bridgehead atoms. The molecule has 2 aliphatic rings. The molecule has 36 heavy (non-hydrogen) atoms. The number of nitrogens with zero attached hydrogens (tertiary/aromatic N) is 2. The summed E-state index contributed by atoms with van der Waals surface area (Å²) < 4.78 is 16.7. The van der Waals surface area contributed by atoms with Crippen molar-refractivity contribution >= 4 is 17.4 Å².